The fourth-order valence-corrected chi connectivity index (χ4v) is 1.77. The molecule has 0 amide bonds. The van der Waals surface area contributed by atoms with Crippen molar-refractivity contribution in [2.24, 2.45) is 0 Å². The van der Waals surface area contributed by atoms with E-state index in [9.17, 15) is 4.79 Å². The normalized spacial score (nSPS) is 9.94. The monoisotopic (exact) mass is 227 g/mol. The second-order valence-electron chi connectivity index (χ2n) is 3.68. The van der Waals surface area contributed by atoms with Crippen LogP contribution in [0.5, 0.6) is 0 Å². The van der Waals surface area contributed by atoms with Crippen LogP contribution in [-0.4, -0.2) is 18.1 Å². The Morgan fingerprint density at radius 3 is 2.59 bits per heavy atom. The molecule has 0 saturated heterocycles. The maximum absolute atomic E-state index is 10.9. The number of hydrogen-bond donors (Lipinski definition) is 2. The van der Waals surface area contributed by atoms with E-state index in [1.165, 1.54) is 0 Å². The molecule has 0 radical (unpaired) electrons. The molecule has 0 saturated carbocycles. The lowest BCUT2D eigenvalue weighted by Crippen LogP contribution is -1.97. The van der Waals surface area contributed by atoms with Crippen LogP contribution < -0.4 is 5.32 Å². The molecule has 3 nitrogen and oxygen atoms in total. The summed E-state index contributed by atoms with van der Waals surface area (Å²) in [6.45, 7) is 0. The molecule has 3 heteroatoms. The van der Waals surface area contributed by atoms with Gasteiger partial charge in [0.25, 0.3) is 0 Å². The number of hydrogen-bond acceptors (Lipinski definition) is 2. The fraction of sp³-hybridized carbons (Fsp3) is 0.0714. The van der Waals surface area contributed by atoms with Crippen LogP contribution >= 0.6 is 0 Å². The minimum Gasteiger partial charge on any atom is -0.478 e. The van der Waals surface area contributed by atoms with Crippen LogP contribution in [0.15, 0.2) is 48.5 Å². The summed E-state index contributed by atoms with van der Waals surface area (Å²) in [5.41, 5.74) is 3.18. The highest BCUT2D eigenvalue weighted by Crippen LogP contribution is 2.27. The first-order valence-electron chi connectivity index (χ1n) is 5.33. The molecule has 0 fully saturated rings. The van der Waals surface area contributed by atoms with Crippen molar-refractivity contribution in [3.8, 4) is 11.1 Å². The van der Waals surface area contributed by atoms with Crippen LogP contribution in [0.3, 0.4) is 0 Å². The van der Waals surface area contributed by atoms with E-state index in [0.29, 0.717) is 5.56 Å². The molecule has 0 aromatic heterocycles. The molecule has 0 unspecified atom stereocenters. The summed E-state index contributed by atoms with van der Waals surface area (Å²) in [6.07, 6.45) is 0. The van der Waals surface area contributed by atoms with Crippen LogP contribution in [0, 0.1) is 0 Å². The third kappa shape index (κ3) is 2.28. The maximum Gasteiger partial charge on any atom is 0.335 e. The number of anilines is 1. The number of carboxylic acid groups (broad SMARTS) is 1. The Morgan fingerprint density at radius 2 is 1.88 bits per heavy atom. The third-order valence-corrected chi connectivity index (χ3v) is 2.62. The van der Waals surface area contributed by atoms with Crippen molar-refractivity contribution in [3.63, 3.8) is 0 Å². The van der Waals surface area contributed by atoms with Crippen molar-refractivity contribution >= 4 is 11.7 Å². The van der Waals surface area contributed by atoms with Gasteiger partial charge in [0, 0.05) is 18.3 Å². The fourth-order valence-electron chi connectivity index (χ4n) is 1.77. The molecule has 2 N–H and O–H groups in total. The average molecular weight is 227 g/mol. The van der Waals surface area contributed by atoms with Crippen LogP contribution in [0.4, 0.5) is 5.69 Å². The largest absolute Gasteiger partial charge is 0.478 e. The Bertz CT molecular complexity index is 549. The van der Waals surface area contributed by atoms with E-state index in [0.717, 1.165) is 16.8 Å². The standard InChI is InChI=1S/C14H13NO2/c1-15-13-8-3-2-7-12(13)10-5-4-6-11(9-10)14(16)17/h2-9,15H,1H3,(H,16,17). The molecule has 0 spiro atoms. The molecule has 0 heterocycles. The molecular formula is C14H13NO2. The van der Waals surface area contributed by atoms with E-state index < -0.39 is 5.97 Å². The molecular weight excluding hydrogens is 214 g/mol. The van der Waals surface area contributed by atoms with Gasteiger partial charge >= 0.3 is 5.97 Å². The van der Waals surface area contributed by atoms with Gasteiger partial charge in [0.2, 0.25) is 0 Å². The summed E-state index contributed by atoms with van der Waals surface area (Å²) in [5, 5.41) is 12.1. The van der Waals surface area contributed by atoms with Gasteiger partial charge in [-0.2, -0.15) is 0 Å². The van der Waals surface area contributed by atoms with Gasteiger partial charge in [-0.15, -0.1) is 0 Å². The SMILES string of the molecule is CNc1ccccc1-c1cccc(C(=O)O)c1. The predicted molar refractivity (Wildman–Crippen MR) is 68.4 cm³/mol. The number of para-hydroxylation sites is 1. The Kier molecular flexibility index (Phi) is 3.10. The van der Waals surface area contributed by atoms with E-state index in [4.69, 9.17) is 5.11 Å². The van der Waals surface area contributed by atoms with E-state index >= 15 is 0 Å². The summed E-state index contributed by atoms with van der Waals surface area (Å²) in [7, 11) is 1.85. The molecule has 0 aliphatic rings. The summed E-state index contributed by atoms with van der Waals surface area (Å²) in [4.78, 5) is 10.9. The predicted octanol–water partition coefficient (Wildman–Crippen LogP) is 3.09. The molecule has 0 aliphatic carbocycles. The van der Waals surface area contributed by atoms with Crippen LogP contribution in [-0.2, 0) is 0 Å². The lowest BCUT2D eigenvalue weighted by Gasteiger charge is -2.09. The molecule has 17 heavy (non-hydrogen) atoms. The van der Waals surface area contributed by atoms with Gasteiger partial charge in [0.05, 0.1) is 5.56 Å². The van der Waals surface area contributed by atoms with E-state index in [1.54, 1.807) is 18.2 Å². The van der Waals surface area contributed by atoms with E-state index in [1.807, 2.05) is 37.4 Å². The minimum absolute atomic E-state index is 0.299. The van der Waals surface area contributed by atoms with Crippen LogP contribution in [0.2, 0.25) is 0 Å². The molecule has 0 aliphatic heterocycles. The van der Waals surface area contributed by atoms with Gasteiger partial charge in [0.15, 0.2) is 0 Å². The quantitative estimate of drug-likeness (QED) is 0.847. The first-order chi connectivity index (χ1) is 8.22. The zero-order valence-corrected chi connectivity index (χ0v) is 9.47. The Labute approximate surface area is 99.7 Å². The Balaban J connectivity index is 2.52. The third-order valence-electron chi connectivity index (χ3n) is 2.62. The molecule has 2 aromatic carbocycles. The summed E-state index contributed by atoms with van der Waals surface area (Å²) in [5.74, 6) is -0.909. The van der Waals surface area contributed by atoms with Gasteiger partial charge in [-0.05, 0) is 23.8 Å². The second kappa shape index (κ2) is 4.70. The molecule has 0 bridgehead atoms. The van der Waals surface area contributed by atoms with Crippen LogP contribution in [0.1, 0.15) is 10.4 Å². The van der Waals surface area contributed by atoms with Crippen molar-refractivity contribution in [2.45, 2.75) is 0 Å². The second-order valence-corrected chi connectivity index (χ2v) is 3.68. The minimum atomic E-state index is -0.909. The first kappa shape index (κ1) is 11.2. The highest BCUT2D eigenvalue weighted by Gasteiger charge is 2.07. The van der Waals surface area contributed by atoms with Gasteiger partial charge < -0.3 is 10.4 Å². The maximum atomic E-state index is 10.9. The number of rotatable bonds is 3. The zero-order chi connectivity index (χ0) is 12.3. The van der Waals surface area contributed by atoms with Gasteiger partial charge in [-0.3, -0.25) is 0 Å². The smallest absolute Gasteiger partial charge is 0.335 e. The first-order valence-corrected chi connectivity index (χ1v) is 5.33. The van der Waals surface area contributed by atoms with Crippen molar-refractivity contribution < 1.29 is 9.90 Å². The number of carbonyl (C=O) groups is 1. The number of benzene rings is 2. The van der Waals surface area contributed by atoms with Crippen molar-refractivity contribution in [1.29, 1.82) is 0 Å². The lowest BCUT2D eigenvalue weighted by atomic mass is 10.0. The summed E-state index contributed by atoms with van der Waals surface area (Å²) >= 11 is 0. The molecule has 0 atom stereocenters. The van der Waals surface area contributed by atoms with Crippen molar-refractivity contribution in [2.75, 3.05) is 12.4 Å². The lowest BCUT2D eigenvalue weighted by molar-refractivity contribution is 0.0697. The Hall–Kier alpha value is -2.29. The number of nitrogens with one attached hydrogen (secondary N) is 1. The van der Waals surface area contributed by atoms with Crippen LogP contribution in [0.25, 0.3) is 11.1 Å². The zero-order valence-electron chi connectivity index (χ0n) is 9.47. The molecule has 2 aromatic rings. The Morgan fingerprint density at radius 1 is 1.12 bits per heavy atom. The highest BCUT2D eigenvalue weighted by atomic mass is 16.4. The molecule has 86 valence electrons. The number of aromatic carboxylic acids is 1. The summed E-state index contributed by atoms with van der Waals surface area (Å²) < 4.78 is 0. The molecule has 2 rings (SSSR count). The van der Waals surface area contributed by atoms with Gasteiger partial charge in [-0.1, -0.05) is 30.3 Å². The summed E-state index contributed by atoms with van der Waals surface area (Å²) in [6, 6.07) is 14.7. The average Bonchev–Trinajstić information content (AvgIpc) is 2.39. The van der Waals surface area contributed by atoms with E-state index in [2.05, 4.69) is 5.32 Å². The van der Waals surface area contributed by atoms with Gasteiger partial charge in [0.1, 0.15) is 0 Å². The highest BCUT2D eigenvalue weighted by molar-refractivity contribution is 5.90. The van der Waals surface area contributed by atoms with Crippen molar-refractivity contribution in [1.82, 2.24) is 0 Å². The number of carboxylic acids is 1. The topological polar surface area (TPSA) is 49.3 Å². The van der Waals surface area contributed by atoms with Gasteiger partial charge in [-0.25, -0.2) is 4.79 Å². The van der Waals surface area contributed by atoms with E-state index in [-0.39, 0.29) is 0 Å². The van der Waals surface area contributed by atoms with Crippen molar-refractivity contribution in [3.05, 3.63) is 54.1 Å².